The Morgan fingerprint density at radius 2 is 1.90 bits per heavy atom. The third-order valence-corrected chi connectivity index (χ3v) is 6.01. The zero-order valence-corrected chi connectivity index (χ0v) is 18.1. The number of benzene rings is 1. The quantitative estimate of drug-likeness (QED) is 0.604. The van der Waals surface area contributed by atoms with Crippen molar-refractivity contribution in [3.63, 3.8) is 0 Å². The van der Waals surface area contributed by atoms with E-state index in [1.165, 1.54) is 0 Å². The van der Waals surface area contributed by atoms with Gasteiger partial charge >= 0.3 is 6.09 Å². The summed E-state index contributed by atoms with van der Waals surface area (Å²) >= 11 is 6.01. The van der Waals surface area contributed by atoms with E-state index >= 15 is 0 Å². The molecule has 162 valence electrons. The van der Waals surface area contributed by atoms with Gasteiger partial charge in [0.1, 0.15) is 0 Å². The van der Waals surface area contributed by atoms with Crippen molar-refractivity contribution < 1.29 is 14.3 Å². The van der Waals surface area contributed by atoms with Gasteiger partial charge in [0.2, 0.25) is 5.88 Å². The van der Waals surface area contributed by atoms with Gasteiger partial charge in [-0.15, -0.1) is 0 Å². The van der Waals surface area contributed by atoms with E-state index in [1.807, 2.05) is 37.3 Å². The van der Waals surface area contributed by atoms with Crippen molar-refractivity contribution in [1.29, 1.82) is 0 Å². The molecule has 0 bridgehead atoms. The summed E-state index contributed by atoms with van der Waals surface area (Å²) < 4.78 is 12.7. The van der Waals surface area contributed by atoms with Gasteiger partial charge in [0.05, 0.1) is 31.1 Å². The monoisotopic (exact) mass is 441 g/mol. The maximum absolute atomic E-state index is 12.6. The Labute approximate surface area is 185 Å². The zero-order chi connectivity index (χ0) is 21.4. The van der Waals surface area contributed by atoms with Gasteiger partial charge in [-0.05, 0) is 43.7 Å². The molecule has 0 unspecified atom stereocenters. The van der Waals surface area contributed by atoms with Gasteiger partial charge in [-0.25, -0.2) is 9.48 Å². The molecule has 31 heavy (non-hydrogen) atoms. The number of halogens is 1. The van der Waals surface area contributed by atoms with Crippen molar-refractivity contribution in [2.75, 3.05) is 39.4 Å². The van der Waals surface area contributed by atoms with Gasteiger partial charge in [-0.1, -0.05) is 11.6 Å². The number of aryl methyl sites for hydroxylation is 1. The van der Waals surface area contributed by atoms with Crippen LogP contribution in [0, 0.1) is 6.92 Å². The molecule has 0 atom stereocenters. The van der Waals surface area contributed by atoms with Crippen LogP contribution in [0.15, 0.2) is 30.3 Å². The van der Waals surface area contributed by atoms with E-state index in [0.29, 0.717) is 29.6 Å². The lowest BCUT2D eigenvalue weighted by Gasteiger charge is -2.30. The Morgan fingerprint density at radius 1 is 1.13 bits per heavy atom. The molecule has 5 rings (SSSR count). The number of morpholine rings is 1. The molecule has 0 saturated carbocycles. The zero-order valence-electron chi connectivity index (χ0n) is 17.4. The topological polar surface area (TPSA) is 72.7 Å². The third-order valence-electron chi connectivity index (χ3n) is 5.76. The summed E-state index contributed by atoms with van der Waals surface area (Å²) in [5.41, 5.74) is 3.28. The van der Waals surface area contributed by atoms with Crippen LogP contribution in [0.2, 0.25) is 5.02 Å². The number of pyridine rings is 1. The molecule has 0 N–H and O–H groups in total. The van der Waals surface area contributed by atoms with Crippen molar-refractivity contribution in [2.24, 2.45) is 0 Å². The molecular formula is C22H24ClN5O3. The Hall–Kier alpha value is -2.68. The van der Waals surface area contributed by atoms with E-state index in [2.05, 4.69) is 15.0 Å². The van der Waals surface area contributed by atoms with Crippen molar-refractivity contribution in [2.45, 2.75) is 19.9 Å². The number of ether oxygens (including phenoxy) is 2. The number of amides is 1. The Kier molecular flexibility index (Phi) is 5.52. The third kappa shape index (κ3) is 4.11. The first kappa shape index (κ1) is 20.2. The molecule has 0 spiro atoms. The van der Waals surface area contributed by atoms with Crippen LogP contribution in [-0.2, 0) is 11.3 Å². The second-order valence-electron chi connectivity index (χ2n) is 7.89. The van der Waals surface area contributed by atoms with Crippen LogP contribution in [0.4, 0.5) is 4.79 Å². The predicted octanol–water partition coefficient (Wildman–Crippen LogP) is 3.42. The average Bonchev–Trinajstić information content (AvgIpc) is 3.09. The van der Waals surface area contributed by atoms with Crippen molar-refractivity contribution in [3.05, 3.63) is 46.6 Å². The summed E-state index contributed by atoms with van der Waals surface area (Å²) in [7, 11) is 0. The number of carbonyl (C=O) groups excluding carboxylic acids is 1. The number of rotatable bonds is 5. The highest BCUT2D eigenvalue weighted by molar-refractivity contribution is 6.30. The number of hydrogen-bond acceptors (Lipinski definition) is 6. The minimum absolute atomic E-state index is 0.351. The van der Waals surface area contributed by atoms with E-state index < -0.39 is 0 Å². The molecule has 0 aliphatic carbocycles. The van der Waals surface area contributed by atoms with Crippen LogP contribution in [0.25, 0.3) is 16.7 Å². The smallest absolute Gasteiger partial charge is 0.391 e. The van der Waals surface area contributed by atoms with E-state index in [0.717, 1.165) is 61.6 Å². The normalized spacial score (nSPS) is 17.1. The average molecular weight is 442 g/mol. The molecule has 2 aromatic heterocycles. The lowest BCUT2D eigenvalue weighted by molar-refractivity contribution is 0.0359. The maximum atomic E-state index is 12.6. The second kappa shape index (κ2) is 8.45. The fraction of sp³-hybridized carbons (Fsp3) is 0.409. The van der Waals surface area contributed by atoms with Crippen LogP contribution in [-0.4, -0.2) is 70.1 Å². The van der Waals surface area contributed by atoms with Gasteiger partial charge < -0.3 is 14.4 Å². The number of hydrogen-bond donors (Lipinski definition) is 0. The van der Waals surface area contributed by atoms with Gasteiger partial charge in [0, 0.05) is 42.2 Å². The van der Waals surface area contributed by atoms with Crippen LogP contribution in [0.1, 0.15) is 17.7 Å². The van der Waals surface area contributed by atoms with Gasteiger partial charge in [-0.2, -0.15) is 10.1 Å². The molecule has 9 heteroatoms. The maximum Gasteiger partial charge on any atom is 0.416 e. The number of fused-ring (bicyclic) bond motifs is 2. The molecule has 1 saturated heterocycles. The van der Waals surface area contributed by atoms with Crippen molar-refractivity contribution >= 4 is 28.7 Å². The Morgan fingerprint density at radius 3 is 2.68 bits per heavy atom. The highest BCUT2D eigenvalue weighted by Crippen LogP contribution is 2.30. The summed E-state index contributed by atoms with van der Waals surface area (Å²) in [5.74, 6) is 0.358. The molecule has 4 heterocycles. The van der Waals surface area contributed by atoms with Crippen LogP contribution >= 0.6 is 11.6 Å². The first-order chi connectivity index (χ1) is 15.1. The summed E-state index contributed by atoms with van der Waals surface area (Å²) in [4.78, 5) is 21.3. The summed E-state index contributed by atoms with van der Waals surface area (Å²) in [6, 6.07) is 9.43. The Bertz CT molecular complexity index is 1110. The molecule has 1 aromatic carbocycles. The molecule has 2 aliphatic rings. The molecule has 1 fully saturated rings. The fourth-order valence-corrected chi connectivity index (χ4v) is 4.20. The van der Waals surface area contributed by atoms with E-state index in [9.17, 15) is 4.79 Å². The second-order valence-corrected chi connectivity index (χ2v) is 8.33. The summed E-state index contributed by atoms with van der Waals surface area (Å²) in [6.07, 6.45) is 0.545. The lowest BCUT2D eigenvalue weighted by Crippen LogP contribution is -2.41. The predicted molar refractivity (Wildman–Crippen MR) is 117 cm³/mol. The molecule has 3 aromatic rings. The minimum Gasteiger partial charge on any atom is -0.391 e. The molecule has 0 radical (unpaired) electrons. The number of nitrogens with zero attached hydrogens (tertiary/aromatic N) is 5. The summed E-state index contributed by atoms with van der Waals surface area (Å²) in [6.45, 7) is 7.51. The molecule has 1 amide bonds. The van der Waals surface area contributed by atoms with Gasteiger partial charge in [-0.3, -0.25) is 4.90 Å². The Balaban J connectivity index is 1.35. The van der Waals surface area contributed by atoms with Crippen LogP contribution < -0.4 is 4.74 Å². The van der Waals surface area contributed by atoms with Crippen molar-refractivity contribution in [3.8, 4) is 11.6 Å². The first-order valence-electron chi connectivity index (χ1n) is 10.5. The minimum atomic E-state index is -0.351. The summed E-state index contributed by atoms with van der Waals surface area (Å²) in [5, 5.41) is 6.24. The lowest BCUT2D eigenvalue weighted by atomic mass is 10.1. The molecule has 2 aliphatic heterocycles. The fourth-order valence-electron chi connectivity index (χ4n) is 4.07. The molecule has 8 nitrogen and oxygen atoms in total. The standard InChI is InChI=1S/C22H24ClN5O3/c1-15-19-13-16-14-27(8-2-7-26-9-11-30-12-10-26)22(29)31-21(16)24-20(19)28(25-15)18-5-3-17(23)4-6-18/h3-6,13H,2,7-12,14H2,1H3. The van der Waals surface area contributed by atoms with Gasteiger partial charge in [0.15, 0.2) is 5.65 Å². The highest BCUT2D eigenvalue weighted by atomic mass is 35.5. The highest BCUT2D eigenvalue weighted by Gasteiger charge is 2.28. The molecular weight excluding hydrogens is 418 g/mol. The largest absolute Gasteiger partial charge is 0.416 e. The van der Waals surface area contributed by atoms with Crippen LogP contribution in [0.3, 0.4) is 0 Å². The number of aromatic nitrogens is 3. The first-order valence-corrected chi connectivity index (χ1v) is 10.9. The number of carbonyl (C=O) groups is 1. The van der Waals surface area contributed by atoms with Crippen LogP contribution in [0.5, 0.6) is 5.88 Å². The van der Waals surface area contributed by atoms with Gasteiger partial charge in [0.25, 0.3) is 0 Å². The SMILES string of the molecule is Cc1nn(-c2ccc(Cl)cc2)c2nc3c(cc12)CN(CCCN1CCOCC1)C(=O)O3. The van der Waals surface area contributed by atoms with E-state index in [4.69, 9.17) is 21.1 Å². The van der Waals surface area contributed by atoms with Crippen molar-refractivity contribution in [1.82, 2.24) is 24.6 Å². The van der Waals surface area contributed by atoms with E-state index in [1.54, 1.807) is 9.58 Å². The van der Waals surface area contributed by atoms with E-state index in [-0.39, 0.29) is 6.09 Å².